The summed E-state index contributed by atoms with van der Waals surface area (Å²) in [4.78, 5) is 5.38. The molecule has 0 aliphatic heterocycles. The van der Waals surface area contributed by atoms with Crippen LogP contribution in [0.25, 0.3) is 0 Å². The van der Waals surface area contributed by atoms with Crippen LogP contribution in [0, 0.1) is 6.20 Å². The van der Waals surface area contributed by atoms with Gasteiger partial charge in [-0.3, -0.25) is 0 Å². The van der Waals surface area contributed by atoms with Crippen LogP contribution >= 0.6 is 11.8 Å². The van der Waals surface area contributed by atoms with Crippen molar-refractivity contribution in [2.24, 2.45) is 7.05 Å². The fourth-order valence-electron chi connectivity index (χ4n) is 1.00. The van der Waals surface area contributed by atoms with Crippen LogP contribution in [0.2, 0.25) is 0 Å². The van der Waals surface area contributed by atoms with Crippen LogP contribution in [0.4, 0.5) is 0 Å². The number of hydrogen-bond acceptors (Lipinski definition) is 2. The Morgan fingerprint density at radius 2 is 2.08 bits per heavy atom. The molecule has 0 amide bonds. The minimum absolute atomic E-state index is 0.964. The van der Waals surface area contributed by atoms with Crippen LogP contribution < -0.4 is 0 Å². The third-order valence-corrected chi connectivity index (χ3v) is 2.74. The van der Waals surface area contributed by atoms with Gasteiger partial charge in [-0.05, 0) is 12.1 Å². The van der Waals surface area contributed by atoms with Gasteiger partial charge in [0, 0.05) is 11.9 Å². The summed E-state index contributed by atoms with van der Waals surface area (Å²) < 4.78 is 1.89. The lowest BCUT2D eigenvalue weighted by atomic mass is 10.4. The number of aromatic nitrogens is 2. The number of hydrogen-bond donors (Lipinski definition) is 0. The van der Waals surface area contributed by atoms with Gasteiger partial charge in [-0.25, -0.2) is 4.98 Å². The van der Waals surface area contributed by atoms with E-state index in [-0.39, 0.29) is 0 Å². The molecule has 0 spiro atoms. The molecular weight excluding hydrogens is 180 g/mol. The van der Waals surface area contributed by atoms with Crippen molar-refractivity contribution in [3.63, 3.8) is 0 Å². The SMILES string of the molecule is Cn1[c]cnc1Sc1ccccc1. The lowest BCUT2D eigenvalue weighted by molar-refractivity contribution is 0.785. The van der Waals surface area contributed by atoms with E-state index in [1.54, 1.807) is 18.0 Å². The fraction of sp³-hybridized carbons (Fsp3) is 0.100. The Morgan fingerprint density at radius 1 is 1.31 bits per heavy atom. The van der Waals surface area contributed by atoms with Gasteiger partial charge in [0.15, 0.2) is 5.16 Å². The topological polar surface area (TPSA) is 17.8 Å². The van der Waals surface area contributed by atoms with E-state index >= 15 is 0 Å². The highest BCUT2D eigenvalue weighted by molar-refractivity contribution is 7.99. The summed E-state index contributed by atoms with van der Waals surface area (Å²) in [5.74, 6) is 0. The molecule has 2 rings (SSSR count). The zero-order chi connectivity index (χ0) is 9.10. The molecule has 0 fully saturated rings. The van der Waals surface area contributed by atoms with Crippen molar-refractivity contribution in [3.8, 4) is 0 Å². The van der Waals surface area contributed by atoms with Crippen LogP contribution in [-0.2, 0) is 7.05 Å². The molecule has 0 unspecified atom stereocenters. The molecule has 1 aromatic heterocycles. The van der Waals surface area contributed by atoms with E-state index < -0.39 is 0 Å². The van der Waals surface area contributed by atoms with Crippen LogP contribution in [0.15, 0.2) is 46.6 Å². The molecule has 65 valence electrons. The minimum atomic E-state index is 0.964. The molecule has 0 bridgehead atoms. The van der Waals surface area contributed by atoms with E-state index in [1.807, 2.05) is 29.8 Å². The standard InChI is InChI=1S/C10H9N2S/c1-12-8-7-11-10(12)13-9-5-3-2-4-6-9/h2-7H,1H3. The van der Waals surface area contributed by atoms with Crippen molar-refractivity contribution < 1.29 is 0 Å². The van der Waals surface area contributed by atoms with Gasteiger partial charge in [-0.15, -0.1) is 0 Å². The van der Waals surface area contributed by atoms with Crippen LogP contribution in [-0.4, -0.2) is 9.55 Å². The molecule has 0 aliphatic carbocycles. The molecular formula is C10H9N2S. The monoisotopic (exact) mass is 189 g/mol. The summed E-state index contributed by atoms with van der Waals surface area (Å²) in [7, 11) is 1.94. The summed E-state index contributed by atoms with van der Waals surface area (Å²) >= 11 is 1.64. The molecule has 1 aromatic carbocycles. The average molecular weight is 189 g/mol. The summed E-state index contributed by atoms with van der Waals surface area (Å²) in [6, 6.07) is 10.2. The first kappa shape index (κ1) is 8.38. The minimum Gasteiger partial charge on any atom is -0.321 e. The van der Waals surface area contributed by atoms with Crippen molar-refractivity contribution in [2.45, 2.75) is 10.1 Å². The molecule has 2 aromatic rings. The number of aryl methyl sites for hydroxylation is 1. The highest BCUT2D eigenvalue weighted by Gasteiger charge is 2.00. The first-order valence-corrected chi connectivity index (χ1v) is 4.80. The summed E-state index contributed by atoms with van der Waals surface area (Å²) in [5, 5.41) is 0.964. The second-order valence-corrected chi connectivity index (χ2v) is 3.68. The lowest BCUT2D eigenvalue weighted by Gasteiger charge is -1.99. The normalized spacial score (nSPS) is 10.2. The van der Waals surface area contributed by atoms with Crippen molar-refractivity contribution in [1.29, 1.82) is 0 Å². The second-order valence-electron chi connectivity index (χ2n) is 2.64. The van der Waals surface area contributed by atoms with Gasteiger partial charge in [-0.2, -0.15) is 0 Å². The Bertz CT molecular complexity index is 381. The van der Waals surface area contributed by atoms with Gasteiger partial charge in [0.2, 0.25) is 0 Å². The van der Waals surface area contributed by atoms with Crippen molar-refractivity contribution in [1.82, 2.24) is 9.55 Å². The van der Waals surface area contributed by atoms with Crippen molar-refractivity contribution in [2.75, 3.05) is 0 Å². The largest absolute Gasteiger partial charge is 0.321 e. The van der Waals surface area contributed by atoms with Gasteiger partial charge in [0.25, 0.3) is 0 Å². The van der Waals surface area contributed by atoms with Crippen LogP contribution in [0.5, 0.6) is 0 Å². The Kier molecular flexibility index (Phi) is 2.36. The molecule has 1 radical (unpaired) electrons. The van der Waals surface area contributed by atoms with E-state index in [0.717, 1.165) is 5.16 Å². The molecule has 2 nitrogen and oxygen atoms in total. The van der Waals surface area contributed by atoms with E-state index in [1.165, 1.54) is 4.90 Å². The van der Waals surface area contributed by atoms with Gasteiger partial charge in [0.05, 0.1) is 12.4 Å². The van der Waals surface area contributed by atoms with Crippen LogP contribution in [0.1, 0.15) is 0 Å². The van der Waals surface area contributed by atoms with Gasteiger partial charge in [-0.1, -0.05) is 30.0 Å². The number of rotatable bonds is 2. The van der Waals surface area contributed by atoms with E-state index in [4.69, 9.17) is 0 Å². The summed E-state index contributed by atoms with van der Waals surface area (Å²) in [5.41, 5.74) is 0. The van der Waals surface area contributed by atoms with E-state index in [2.05, 4.69) is 23.3 Å². The van der Waals surface area contributed by atoms with Gasteiger partial charge >= 0.3 is 0 Å². The summed E-state index contributed by atoms with van der Waals surface area (Å²) in [6.07, 6.45) is 4.66. The molecule has 13 heavy (non-hydrogen) atoms. The Hall–Kier alpha value is -1.22. The average Bonchev–Trinajstić information content (AvgIpc) is 2.54. The lowest BCUT2D eigenvalue weighted by Crippen LogP contribution is -1.88. The Morgan fingerprint density at radius 3 is 2.69 bits per heavy atom. The van der Waals surface area contributed by atoms with Gasteiger partial charge < -0.3 is 4.57 Å². The third kappa shape index (κ3) is 1.92. The van der Waals surface area contributed by atoms with Crippen LogP contribution in [0.3, 0.4) is 0 Å². The summed E-state index contributed by atoms with van der Waals surface area (Å²) in [6.45, 7) is 0. The maximum Gasteiger partial charge on any atom is 0.173 e. The molecule has 3 heteroatoms. The highest BCUT2D eigenvalue weighted by Crippen LogP contribution is 2.24. The second kappa shape index (κ2) is 3.66. The highest BCUT2D eigenvalue weighted by atomic mass is 32.2. The van der Waals surface area contributed by atoms with E-state index in [0.29, 0.717) is 0 Å². The first-order chi connectivity index (χ1) is 6.36. The number of benzene rings is 1. The Balaban J connectivity index is 2.20. The molecule has 0 aliphatic rings. The van der Waals surface area contributed by atoms with Gasteiger partial charge in [0.1, 0.15) is 0 Å². The van der Waals surface area contributed by atoms with E-state index in [9.17, 15) is 0 Å². The fourth-order valence-corrected chi connectivity index (χ4v) is 1.80. The predicted octanol–water partition coefficient (Wildman–Crippen LogP) is 2.37. The quantitative estimate of drug-likeness (QED) is 0.721. The predicted molar refractivity (Wildman–Crippen MR) is 52.6 cm³/mol. The maximum atomic E-state index is 4.18. The van der Waals surface area contributed by atoms with Crippen molar-refractivity contribution in [3.05, 3.63) is 42.7 Å². The molecule has 0 saturated heterocycles. The number of imidazole rings is 1. The zero-order valence-electron chi connectivity index (χ0n) is 7.27. The van der Waals surface area contributed by atoms with Crippen molar-refractivity contribution >= 4 is 11.8 Å². The maximum absolute atomic E-state index is 4.18. The number of nitrogens with zero attached hydrogens (tertiary/aromatic N) is 2. The molecule has 0 atom stereocenters. The first-order valence-electron chi connectivity index (χ1n) is 3.98. The molecule has 0 N–H and O–H groups in total. The Labute approximate surface area is 81.6 Å². The smallest absolute Gasteiger partial charge is 0.173 e. The third-order valence-electron chi connectivity index (χ3n) is 1.67. The zero-order valence-corrected chi connectivity index (χ0v) is 8.08. The molecule has 0 saturated carbocycles. The molecule has 1 heterocycles.